The van der Waals surface area contributed by atoms with Gasteiger partial charge in [-0.2, -0.15) is 5.06 Å². The Kier molecular flexibility index (Phi) is 8.74. The predicted octanol–water partition coefficient (Wildman–Crippen LogP) is 5.59. The van der Waals surface area contributed by atoms with Crippen LogP contribution in [0.25, 0.3) is 0 Å². The van der Waals surface area contributed by atoms with E-state index in [2.05, 4.69) is 43.0 Å². The van der Waals surface area contributed by atoms with Gasteiger partial charge in [-0.25, -0.2) is 0 Å². The molecule has 0 saturated carbocycles. The summed E-state index contributed by atoms with van der Waals surface area (Å²) in [6.07, 6.45) is 5.54. The van der Waals surface area contributed by atoms with Gasteiger partial charge in [-0.3, -0.25) is 4.79 Å². The molecule has 2 rings (SSSR count). The van der Waals surface area contributed by atoms with Crippen LogP contribution in [0.3, 0.4) is 0 Å². The summed E-state index contributed by atoms with van der Waals surface area (Å²) in [7, 11) is 0. The van der Waals surface area contributed by atoms with Crippen molar-refractivity contribution in [1.29, 1.82) is 0 Å². The molecule has 1 N–H and O–H groups in total. The van der Waals surface area contributed by atoms with Crippen molar-refractivity contribution in [3.05, 3.63) is 29.8 Å². The first-order valence-corrected chi connectivity index (χ1v) is 11.6. The van der Waals surface area contributed by atoms with Crippen LogP contribution in [0.2, 0.25) is 0 Å². The number of hydrogen-bond acceptors (Lipinski definition) is 5. The van der Waals surface area contributed by atoms with Gasteiger partial charge >= 0.3 is 5.97 Å². The van der Waals surface area contributed by atoms with Crippen LogP contribution < -0.4 is 4.90 Å². The van der Waals surface area contributed by atoms with Gasteiger partial charge in [0.25, 0.3) is 0 Å². The number of anilines is 1. The van der Waals surface area contributed by atoms with E-state index in [4.69, 9.17) is 4.74 Å². The van der Waals surface area contributed by atoms with Crippen molar-refractivity contribution >= 4 is 11.7 Å². The first-order chi connectivity index (χ1) is 14.1. The van der Waals surface area contributed by atoms with Gasteiger partial charge in [-0.15, -0.1) is 0 Å². The van der Waals surface area contributed by atoms with Gasteiger partial charge in [0.1, 0.15) is 6.10 Å². The van der Waals surface area contributed by atoms with Gasteiger partial charge in [0.05, 0.1) is 0 Å². The number of hydrogen-bond donors (Lipinski definition) is 1. The molecule has 5 heteroatoms. The fourth-order valence-electron chi connectivity index (χ4n) is 4.73. The Morgan fingerprint density at radius 1 is 1.07 bits per heavy atom. The quantitative estimate of drug-likeness (QED) is 0.502. The molecule has 0 amide bonds. The summed E-state index contributed by atoms with van der Waals surface area (Å²) in [6, 6.07) is 8.76. The molecule has 0 aliphatic carbocycles. The highest BCUT2D eigenvalue weighted by atomic mass is 16.5. The van der Waals surface area contributed by atoms with Gasteiger partial charge in [0.15, 0.2) is 0 Å². The number of aryl methyl sites for hydroxylation is 1. The van der Waals surface area contributed by atoms with E-state index in [1.54, 1.807) is 0 Å². The first-order valence-electron chi connectivity index (χ1n) is 11.6. The summed E-state index contributed by atoms with van der Waals surface area (Å²) in [5.41, 5.74) is 1.73. The Labute approximate surface area is 183 Å². The molecule has 1 heterocycles. The molecule has 0 atom stereocenters. The zero-order chi connectivity index (χ0) is 22.4. The summed E-state index contributed by atoms with van der Waals surface area (Å²) in [4.78, 5) is 14.8. The van der Waals surface area contributed by atoms with E-state index in [1.165, 1.54) is 16.3 Å². The second-order valence-electron chi connectivity index (χ2n) is 9.96. The molecule has 170 valence electrons. The van der Waals surface area contributed by atoms with E-state index in [9.17, 15) is 10.0 Å². The summed E-state index contributed by atoms with van der Waals surface area (Å²) in [5, 5.41) is 11.8. The van der Waals surface area contributed by atoms with Gasteiger partial charge in [0.2, 0.25) is 0 Å². The first kappa shape index (κ1) is 24.7. The number of esters is 1. The van der Waals surface area contributed by atoms with Crippen molar-refractivity contribution in [3.8, 4) is 0 Å². The lowest BCUT2D eigenvalue weighted by Gasteiger charge is -2.50. The molecule has 0 radical (unpaired) electrons. The van der Waals surface area contributed by atoms with Crippen LogP contribution in [0.1, 0.15) is 85.6 Å². The minimum atomic E-state index is -0.405. The van der Waals surface area contributed by atoms with Crippen molar-refractivity contribution in [2.75, 3.05) is 18.0 Å². The highest BCUT2D eigenvalue weighted by molar-refractivity contribution is 5.69. The van der Waals surface area contributed by atoms with E-state index in [0.29, 0.717) is 19.3 Å². The molecule has 1 aliphatic heterocycles. The van der Waals surface area contributed by atoms with Gasteiger partial charge in [-0.05, 0) is 71.1 Å². The van der Waals surface area contributed by atoms with Gasteiger partial charge in [-0.1, -0.05) is 26.0 Å². The molecule has 0 spiro atoms. The fourth-order valence-corrected chi connectivity index (χ4v) is 4.73. The lowest BCUT2D eigenvalue weighted by Crippen LogP contribution is -2.60. The van der Waals surface area contributed by atoms with Crippen molar-refractivity contribution in [3.63, 3.8) is 0 Å². The zero-order valence-electron chi connectivity index (χ0n) is 19.9. The predicted molar refractivity (Wildman–Crippen MR) is 123 cm³/mol. The Hall–Kier alpha value is -1.59. The lowest BCUT2D eigenvalue weighted by atomic mass is 9.80. The molecular formula is C25H42N2O3. The van der Waals surface area contributed by atoms with E-state index in [1.807, 2.05) is 27.7 Å². The van der Waals surface area contributed by atoms with E-state index in [-0.39, 0.29) is 12.1 Å². The Balaban J connectivity index is 1.80. The number of hydroxylamine groups is 2. The number of rotatable bonds is 10. The van der Waals surface area contributed by atoms with Crippen molar-refractivity contribution in [2.45, 2.75) is 104 Å². The van der Waals surface area contributed by atoms with Gasteiger partial charge in [0, 0.05) is 49.1 Å². The monoisotopic (exact) mass is 418 g/mol. The normalized spacial score (nSPS) is 18.9. The summed E-state index contributed by atoms with van der Waals surface area (Å²) in [5.74, 6) is -0.133. The van der Waals surface area contributed by atoms with Crippen LogP contribution in [0.4, 0.5) is 5.69 Å². The lowest BCUT2D eigenvalue weighted by molar-refractivity contribution is -0.259. The Morgan fingerprint density at radius 3 is 2.10 bits per heavy atom. The molecule has 1 aromatic rings. The molecule has 1 aromatic carbocycles. The van der Waals surface area contributed by atoms with Crippen LogP contribution in [0, 0.1) is 0 Å². The van der Waals surface area contributed by atoms with E-state index in [0.717, 1.165) is 38.8 Å². The minimum absolute atomic E-state index is 0.133. The number of carbonyl (C=O) groups is 1. The second-order valence-corrected chi connectivity index (χ2v) is 9.96. The van der Waals surface area contributed by atoms with Crippen LogP contribution >= 0.6 is 0 Å². The highest BCUT2D eigenvalue weighted by Crippen LogP contribution is 2.38. The average Bonchev–Trinajstić information content (AvgIpc) is 2.66. The van der Waals surface area contributed by atoms with E-state index >= 15 is 0 Å². The van der Waals surface area contributed by atoms with Gasteiger partial charge < -0.3 is 14.8 Å². The Bertz CT molecular complexity index is 645. The number of ether oxygens (including phenoxy) is 1. The third-order valence-electron chi connectivity index (χ3n) is 6.03. The molecule has 1 saturated heterocycles. The van der Waals surface area contributed by atoms with Crippen LogP contribution in [-0.2, 0) is 16.0 Å². The topological polar surface area (TPSA) is 53.0 Å². The van der Waals surface area contributed by atoms with Crippen molar-refractivity contribution < 1.29 is 14.7 Å². The average molecular weight is 419 g/mol. The maximum atomic E-state index is 12.4. The maximum Gasteiger partial charge on any atom is 0.306 e. The standard InChI is InChI=1S/C25H42N2O3/c1-7-16-26(17-8-2)21-14-12-20(13-15-21)10-9-11-23(28)30-22-18-24(3,4)27(29)25(5,6)19-22/h12-15,22,29H,7-11,16-19H2,1-6H3. The molecule has 1 aliphatic rings. The molecular weight excluding hydrogens is 376 g/mol. The van der Waals surface area contributed by atoms with Crippen molar-refractivity contribution in [2.24, 2.45) is 0 Å². The smallest absolute Gasteiger partial charge is 0.306 e. The molecule has 0 aromatic heterocycles. The highest BCUT2D eigenvalue weighted by Gasteiger charge is 2.46. The fraction of sp³-hybridized carbons (Fsp3) is 0.720. The van der Waals surface area contributed by atoms with E-state index < -0.39 is 11.1 Å². The number of benzene rings is 1. The summed E-state index contributed by atoms with van der Waals surface area (Å²) >= 11 is 0. The third kappa shape index (κ3) is 6.71. The largest absolute Gasteiger partial charge is 0.462 e. The number of piperidine rings is 1. The second kappa shape index (κ2) is 10.6. The molecule has 0 bridgehead atoms. The Morgan fingerprint density at radius 2 is 1.60 bits per heavy atom. The molecule has 1 fully saturated rings. The molecule has 5 nitrogen and oxygen atoms in total. The maximum absolute atomic E-state index is 12.4. The zero-order valence-corrected chi connectivity index (χ0v) is 19.9. The van der Waals surface area contributed by atoms with Crippen LogP contribution in [0.15, 0.2) is 24.3 Å². The number of nitrogens with zero attached hydrogens (tertiary/aromatic N) is 2. The van der Waals surface area contributed by atoms with Crippen molar-refractivity contribution in [1.82, 2.24) is 5.06 Å². The summed E-state index contributed by atoms with van der Waals surface area (Å²) in [6.45, 7) is 14.5. The van der Waals surface area contributed by atoms with Crippen LogP contribution in [-0.4, -0.2) is 46.5 Å². The molecule has 0 unspecified atom stereocenters. The number of carbonyl (C=O) groups excluding carboxylic acids is 1. The summed E-state index contributed by atoms with van der Waals surface area (Å²) < 4.78 is 5.77. The minimum Gasteiger partial charge on any atom is -0.462 e. The SMILES string of the molecule is CCCN(CCC)c1ccc(CCCC(=O)OC2CC(C)(C)N(O)C(C)(C)C2)cc1. The van der Waals surface area contributed by atoms with Crippen LogP contribution in [0.5, 0.6) is 0 Å². The third-order valence-corrected chi connectivity index (χ3v) is 6.03. The molecule has 30 heavy (non-hydrogen) atoms.